The maximum atomic E-state index is 11.1. The van der Waals surface area contributed by atoms with Gasteiger partial charge in [0.2, 0.25) is 0 Å². The van der Waals surface area contributed by atoms with Crippen LogP contribution < -0.4 is 5.32 Å². The van der Waals surface area contributed by atoms with Crippen LogP contribution in [0.25, 0.3) is 0 Å². The van der Waals surface area contributed by atoms with E-state index in [-0.39, 0.29) is 18.4 Å². The normalized spacial score (nSPS) is 8.71. The third-order valence-corrected chi connectivity index (χ3v) is 1.66. The van der Waals surface area contributed by atoms with E-state index in [1.807, 2.05) is 19.1 Å². The van der Waals surface area contributed by atoms with Crippen LogP contribution in [0.2, 0.25) is 0 Å². The van der Waals surface area contributed by atoms with Gasteiger partial charge in [-0.1, -0.05) is 6.07 Å². The summed E-state index contributed by atoms with van der Waals surface area (Å²) >= 11 is 0. The average Bonchev–Trinajstić information content (AvgIpc) is 2.18. The highest BCUT2D eigenvalue weighted by molar-refractivity contribution is 5.90. The van der Waals surface area contributed by atoms with Crippen LogP contribution in [0.1, 0.15) is 17.3 Å². The Morgan fingerprint density at radius 3 is 2.79 bits per heavy atom. The standard InChI is InChI=1S/C10H13NO2.ClH/c1-3-11-9-6-4-5-8(7-9)10(12)13-2;/h4-7,11H,3H2,1-2H3;1H. The highest BCUT2D eigenvalue weighted by atomic mass is 35.5. The SMILES string of the molecule is CCNc1cccc(C(=O)OC)c1.Cl. The van der Waals surface area contributed by atoms with E-state index >= 15 is 0 Å². The molecule has 0 atom stereocenters. The molecule has 4 heteroatoms. The number of carbonyl (C=O) groups excluding carboxylic acids is 1. The Labute approximate surface area is 89.9 Å². The second-order valence-electron chi connectivity index (χ2n) is 2.60. The molecule has 3 nitrogen and oxygen atoms in total. The van der Waals surface area contributed by atoms with Gasteiger partial charge in [0.15, 0.2) is 0 Å². The number of benzene rings is 1. The van der Waals surface area contributed by atoms with E-state index < -0.39 is 0 Å². The quantitative estimate of drug-likeness (QED) is 0.787. The van der Waals surface area contributed by atoms with E-state index in [1.54, 1.807) is 12.1 Å². The molecular weight excluding hydrogens is 202 g/mol. The van der Waals surface area contributed by atoms with Crippen LogP contribution in [0.15, 0.2) is 24.3 Å². The van der Waals surface area contributed by atoms with Gasteiger partial charge in [-0.25, -0.2) is 4.79 Å². The van der Waals surface area contributed by atoms with Gasteiger partial charge in [-0.3, -0.25) is 0 Å². The van der Waals surface area contributed by atoms with Crippen LogP contribution in [0.4, 0.5) is 5.69 Å². The van der Waals surface area contributed by atoms with Crippen LogP contribution in [-0.2, 0) is 4.74 Å². The summed E-state index contributed by atoms with van der Waals surface area (Å²) in [5.74, 6) is -0.306. The number of halogens is 1. The minimum absolute atomic E-state index is 0. The molecule has 0 aromatic heterocycles. The second kappa shape index (κ2) is 6.27. The molecule has 0 radical (unpaired) electrons. The van der Waals surface area contributed by atoms with E-state index in [0.717, 1.165) is 12.2 Å². The topological polar surface area (TPSA) is 38.3 Å². The zero-order valence-electron chi connectivity index (χ0n) is 8.24. The summed E-state index contributed by atoms with van der Waals surface area (Å²) in [5, 5.41) is 3.12. The largest absolute Gasteiger partial charge is 0.465 e. The summed E-state index contributed by atoms with van der Waals surface area (Å²) in [6.07, 6.45) is 0. The van der Waals surface area contributed by atoms with Gasteiger partial charge in [0.25, 0.3) is 0 Å². The molecule has 78 valence electrons. The summed E-state index contributed by atoms with van der Waals surface area (Å²) in [4.78, 5) is 11.1. The summed E-state index contributed by atoms with van der Waals surface area (Å²) < 4.78 is 4.60. The van der Waals surface area contributed by atoms with Crippen LogP contribution in [0.3, 0.4) is 0 Å². The average molecular weight is 216 g/mol. The van der Waals surface area contributed by atoms with Crippen molar-refractivity contribution in [3.05, 3.63) is 29.8 Å². The van der Waals surface area contributed by atoms with Crippen molar-refractivity contribution in [2.45, 2.75) is 6.92 Å². The first-order chi connectivity index (χ1) is 6.27. The molecule has 0 bridgehead atoms. The summed E-state index contributed by atoms with van der Waals surface area (Å²) in [6.45, 7) is 2.84. The minimum Gasteiger partial charge on any atom is -0.465 e. The van der Waals surface area contributed by atoms with Crippen molar-refractivity contribution in [1.29, 1.82) is 0 Å². The number of anilines is 1. The van der Waals surface area contributed by atoms with Gasteiger partial charge < -0.3 is 10.1 Å². The van der Waals surface area contributed by atoms with Crippen LogP contribution >= 0.6 is 12.4 Å². The van der Waals surface area contributed by atoms with Crippen LogP contribution in [0, 0.1) is 0 Å². The van der Waals surface area contributed by atoms with Crippen molar-refractivity contribution < 1.29 is 9.53 Å². The number of hydrogen-bond acceptors (Lipinski definition) is 3. The maximum absolute atomic E-state index is 11.1. The van der Waals surface area contributed by atoms with Gasteiger partial charge in [0.1, 0.15) is 0 Å². The van der Waals surface area contributed by atoms with Gasteiger partial charge >= 0.3 is 5.97 Å². The molecule has 0 saturated carbocycles. The number of hydrogen-bond donors (Lipinski definition) is 1. The second-order valence-corrected chi connectivity index (χ2v) is 2.60. The number of nitrogens with one attached hydrogen (secondary N) is 1. The highest BCUT2D eigenvalue weighted by Crippen LogP contribution is 2.10. The predicted octanol–water partition coefficient (Wildman–Crippen LogP) is 2.33. The molecule has 0 saturated heterocycles. The van der Waals surface area contributed by atoms with Crippen molar-refractivity contribution in [2.24, 2.45) is 0 Å². The van der Waals surface area contributed by atoms with Crippen molar-refractivity contribution in [3.63, 3.8) is 0 Å². The summed E-state index contributed by atoms with van der Waals surface area (Å²) in [5.41, 5.74) is 1.51. The molecule has 0 unspecified atom stereocenters. The first-order valence-electron chi connectivity index (χ1n) is 4.20. The molecule has 0 aliphatic rings. The molecule has 0 amide bonds. The van der Waals surface area contributed by atoms with E-state index in [0.29, 0.717) is 5.56 Å². The Morgan fingerprint density at radius 1 is 1.50 bits per heavy atom. The van der Waals surface area contributed by atoms with Gasteiger partial charge in [0.05, 0.1) is 12.7 Å². The van der Waals surface area contributed by atoms with E-state index in [1.165, 1.54) is 7.11 Å². The number of carbonyl (C=O) groups is 1. The Balaban J connectivity index is 0.00000169. The zero-order valence-corrected chi connectivity index (χ0v) is 9.06. The summed E-state index contributed by atoms with van der Waals surface area (Å²) in [6, 6.07) is 7.24. The molecule has 1 N–H and O–H groups in total. The van der Waals surface area contributed by atoms with Gasteiger partial charge in [-0.2, -0.15) is 0 Å². The molecule has 0 aliphatic carbocycles. The van der Waals surface area contributed by atoms with Crippen LogP contribution in [0.5, 0.6) is 0 Å². The molecular formula is C10H14ClNO2. The van der Waals surface area contributed by atoms with Crippen molar-refractivity contribution in [2.75, 3.05) is 19.0 Å². The van der Waals surface area contributed by atoms with Crippen molar-refractivity contribution in [1.82, 2.24) is 0 Å². The predicted molar refractivity (Wildman–Crippen MR) is 59.2 cm³/mol. The Kier molecular flexibility index (Phi) is 5.72. The number of esters is 1. The number of methoxy groups -OCH3 is 1. The highest BCUT2D eigenvalue weighted by Gasteiger charge is 2.04. The van der Waals surface area contributed by atoms with E-state index in [9.17, 15) is 4.79 Å². The smallest absolute Gasteiger partial charge is 0.337 e. The molecule has 1 aromatic carbocycles. The first-order valence-corrected chi connectivity index (χ1v) is 4.20. The Morgan fingerprint density at radius 2 is 2.21 bits per heavy atom. The fourth-order valence-electron chi connectivity index (χ4n) is 1.08. The minimum atomic E-state index is -0.306. The molecule has 0 aliphatic heterocycles. The maximum Gasteiger partial charge on any atom is 0.337 e. The third kappa shape index (κ3) is 3.26. The van der Waals surface area contributed by atoms with E-state index in [2.05, 4.69) is 10.1 Å². The van der Waals surface area contributed by atoms with Gasteiger partial charge in [0, 0.05) is 12.2 Å². The number of ether oxygens (including phenoxy) is 1. The van der Waals surface area contributed by atoms with Crippen LogP contribution in [-0.4, -0.2) is 19.6 Å². The van der Waals surface area contributed by atoms with Crippen molar-refractivity contribution in [3.8, 4) is 0 Å². The molecule has 0 spiro atoms. The monoisotopic (exact) mass is 215 g/mol. The molecule has 1 aromatic rings. The molecule has 1 rings (SSSR count). The first kappa shape index (κ1) is 12.8. The lowest BCUT2D eigenvalue weighted by molar-refractivity contribution is 0.0601. The van der Waals surface area contributed by atoms with E-state index in [4.69, 9.17) is 0 Å². The lowest BCUT2D eigenvalue weighted by atomic mass is 10.2. The summed E-state index contributed by atoms with van der Waals surface area (Å²) in [7, 11) is 1.38. The van der Waals surface area contributed by atoms with Gasteiger partial charge in [-0.05, 0) is 25.1 Å². The Bertz CT molecular complexity index is 302. The van der Waals surface area contributed by atoms with Crippen molar-refractivity contribution >= 4 is 24.1 Å². The zero-order chi connectivity index (χ0) is 9.68. The fraction of sp³-hybridized carbons (Fsp3) is 0.300. The molecule has 14 heavy (non-hydrogen) atoms. The Hall–Kier alpha value is -1.22. The fourth-order valence-corrected chi connectivity index (χ4v) is 1.08. The third-order valence-electron chi connectivity index (χ3n) is 1.66. The number of rotatable bonds is 3. The molecule has 0 heterocycles. The lowest BCUT2D eigenvalue weighted by Gasteiger charge is -2.04. The van der Waals surface area contributed by atoms with Gasteiger partial charge in [-0.15, -0.1) is 12.4 Å². The lowest BCUT2D eigenvalue weighted by Crippen LogP contribution is -2.03. The molecule has 0 fully saturated rings.